The second-order valence-corrected chi connectivity index (χ2v) is 7.97. The van der Waals surface area contributed by atoms with Gasteiger partial charge >= 0.3 is 6.18 Å². The van der Waals surface area contributed by atoms with Crippen molar-refractivity contribution in [3.8, 4) is 0 Å². The Morgan fingerprint density at radius 1 is 1.13 bits per heavy atom. The molecule has 2 rings (SSSR count). The molecule has 0 fully saturated rings. The Bertz CT molecular complexity index is 967. The van der Waals surface area contributed by atoms with Gasteiger partial charge in [0.05, 0.1) is 12.2 Å². The first-order valence-electron chi connectivity index (χ1n) is 9.23. The van der Waals surface area contributed by atoms with Crippen LogP contribution in [0.2, 0.25) is 0 Å². The number of amides is 1. The summed E-state index contributed by atoms with van der Waals surface area (Å²) in [6.07, 6.45) is -3.34. The number of carbonyl (C=O) groups is 3. The summed E-state index contributed by atoms with van der Waals surface area (Å²) in [7, 11) is 0. The minimum atomic E-state index is -5.13. The molecule has 0 spiro atoms. The van der Waals surface area contributed by atoms with Crippen molar-refractivity contribution < 1.29 is 37.1 Å². The second kappa shape index (κ2) is 8.62. The van der Waals surface area contributed by atoms with Crippen LogP contribution < -0.4 is 10.6 Å². The van der Waals surface area contributed by atoms with E-state index in [-0.39, 0.29) is 16.9 Å². The van der Waals surface area contributed by atoms with Crippen molar-refractivity contribution in [2.45, 2.75) is 44.4 Å². The van der Waals surface area contributed by atoms with Gasteiger partial charge < -0.3 is 15.7 Å². The topological polar surface area (TPSA) is 95.5 Å². The van der Waals surface area contributed by atoms with Crippen molar-refractivity contribution in [1.82, 2.24) is 5.32 Å². The molecule has 31 heavy (non-hydrogen) atoms. The van der Waals surface area contributed by atoms with Crippen LogP contribution in [0.4, 0.5) is 23.2 Å². The summed E-state index contributed by atoms with van der Waals surface area (Å²) in [5, 5.41) is 15.2. The van der Waals surface area contributed by atoms with Crippen molar-refractivity contribution >= 4 is 23.2 Å². The number of allylic oxidation sites excluding steroid dienone is 3. The number of alkyl halides is 3. The smallest absolute Gasteiger partial charge is 0.379 e. The van der Waals surface area contributed by atoms with Gasteiger partial charge in [-0.15, -0.1) is 0 Å². The van der Waals surface area contributed by atoms with Crippen LogP contribution in [0.3, 0.4) is 0 Å². The zero-order valence-electron chi connectivity index (χ0n) is 17.1. The van der Waals surface area contributed by atoms with Crippen molar-refractivity contribution in [1.29, 1.82) is 0 Å². The molecule has 0 aliphatic heterocycles. The first-order chi connectivity index (χ1) is 14.1. The number of hydrogen-bond donors (Lipinski definition) is 3. The van der Waals surface area contributed by atoms with E-state index in [1.54, 1.807) is 0 Å². The Labute approximate surface area is 176 Å². The Balaban J connectivity index is 2.37. The highest BCUT2D eigenvalue weighted by atomic mass is 19.4. The third-order valence-electron chi connectivity index (χ3n) is 4.81. The molecule has 168 valence electrons. The van der Waals surface area contributed by atoms with Crippen LogP contribution in [0.1, 0.15) is 32.8 Å². The van der Waals surface area contributed by atoms with Crippen molar-refractivity contribution in [2.75, 3.05) is 11.9 Å². The average Bonchev–Trinajstić information content (AvgIpc) is 2.62. The fourth-order valence-corrected chi connectivity index (χ4v) is 3.35. The molecular formula is C21H22F4N2O4. The van der Waals surface area contributed by atoms with Gasteiger partial charge in [-0.3, -0.25) is 14.4 Å². The molecule has 0 aromatic heterocycles. The summed E-state index contributed by atoms with van der Waals surface area (Å²) in [6.45, 7) is 2.80. The van der Waals surface area contributed by atoms with Gasteiger partial charge in [-0.05, 0) is 47.8 Å². The number of carbonyl (C=O) groups excluding carboxylic acids is 3. The lowest BCUT2D eigenvalue weighted by atomic mass is 9.74. The summed E-state index contributed by atoms with van der Waals surface area (Å²) in [6, 6.07) is 3.27. The van der Waals surface area contributed by atoms with Crippen LogP contribution in [-0.4, -0.2) is 40.9 Å². The van der Waals surface area contributed by atoms with Gasteiger partial charge in [-0.25, -0.2) is 4.39 Å². The lowest BCUT2D eigenvalue weighted by molar-refractivity contribution is -0.263. The van der Waals surface area contributed by atoms with Crippen LogP contribution in [0.25, 0.3) is 0 Å². The number of anilines is 1. The number of benzene rings is 1. The third kappa shape index (κ3) is 5.78. The summed E-state index contributed by atoms with van der Waals surface area (Å²) < 4.78 is 55.4. The molecule has 0 bridgehead atoms. The number of rotatable bonds is 7. The number of ketones is 2. The van der Waals surface area contributed by atoms with E-state index in [2.05, 4.69) is 10.6 Å². The number of aliphatic hydroxyl groups is 1. The molecule has 0 heterocycles. The van der Waals surface area contributed by atoms with Crippen LogP contribution in [0.5, 0.6) is 0 Å². The van der Waals surface area contributed by atoms with Gasteiger partial charge in [-0.1, -0.05) is 13.8 Å². The third-order valence-corrected chi connectivity index (χ3v) is 4.81. The Hall–Kier alpha value is -3.01. The molecule has 1 aromatic carbocycles. The SMILES string of the molecule is CC(=O)Nc1ccc(F)cc1C(C)(C)CC(O)(CNC1=CC(=O)C=CC1=O)C(F)(F)F. The maximum absolute atomic E-state index is 13.9. The predicted octanol–water partition coefficient (Wildman–Crippen LogP) is 2.93. The predicted molar refractivity (Wildman–Crippen MR) is 105 cm³/mol. The number of nitrogens with one attached hydrogen (secondary N) is 2. The normalized spacial score (nSPS) is 16.6. The van der Waals surface area contributed by atoms with Gasteiger partial charge in [0.25, 0.3) is 0 Å². The fourth-order valence-electron chi connectivity index (χ4n) is 3.35. The van der Waals surface area contributed by atoms with E-state index < -0.39 is 53.4 Å². The summed E-state index contributed by atoms with van der Waals surface area (Å²) in [4.78, 5) is 34.6. The molecule has 1 aliphatic rings. The highest BCUT2D eigenvalue weighted by Crippen LogP contribution is 2.43. The summed E-state index contributed by atoms with van der Waals surface area (Å²) >= 11 is 0. The van der Waals surface area contributed by atoms with Gasteiger partial charge in [0, 0.05) is 18.7 Å². The first-order valence-corrected chi connectivity index (χ1v) is 9.23. The standard InChI is InChI=1S/C21H22F4N2O4/c1-12(28)27-16-6-4-13(22)8-15(16)19(2,3)10-20(31,21(23,24)25)11-26-17-9-14(29)5-7-18(17)30/h4-9,26,31H,10-11H2,1-3H3,(H,27,28). The van der Waals surface area contributed by atoms with Gasteiger partial charge in [0.2, 0.25) is 11.7 Å². The molecule has 1 unspecified atom stereocenters. The summed E-state index contributed by atoms with van der Waals surface area (Å²) in [5.41, 5.74) is -5.03. The lowest BCUT2D eigenvalue weighted by Gasteiger charge is -2.39. The molecule has 1 aliphatic carbocycles. The molecular weight excluding hydrogens is 420 g/mol. The van der Waals surface area contributed by atoms with Crippen LogP contribution in [-0.2, 0) is 19.8 Å². The van der Waals surface area contributed by atoms with Crippen molar-refractivity contribution in [3.63, 3.8) is 0 Å². The molecule has 6 nitrogen and oxygen atoms in total. The summed E-state index contributed by atoms with van der Waals surface area (Å²) in [5.74, 6) is -2.52. The lowest BCUT2D eigenvalue weighted by Crippen LogP contribution is -2.55. The molecule has 1 aromatic rings. The van der Waals surface area contributed by atoms with E-state index >= 15 is 0 Å². The Kier molecular flexibility index (Phi) is 6.75. The van der Waals surface area contributed by atoms with E-state index in [0.717, 1.165) is 30.4 Å². The quantitative estimate of drug-likeness (QED) is 0.446. The average molecular weight is 442 g/mol. The maximum atomic E-state index is 13.9. The molecule has 3 N–H and O–H groups in total. The van der Waals surface area contributed by atoms with Gasteiger partial charge in [-0.2, -0.15) is 13.2 Å². The van der Waals surface area contributed by atoms with Crippen LogP contribution in [0, 0.1) is 5.82 Å². The highest BCUT2D eigenvalue weighted by Gasteiger charge is 2.56. The van der Waals surface area contributed by atoms with E-state index in [1.807, 2.05) is 0 Å². The number of halogens is 4. The molecule has 0 radical (unpaired) electrons. The minimum absolute atomic E-state index is 0.0523. The van der Waals surface area contributed by atoms with Crippen LogP contribution in [0.15, 0.2) is 42.1 Å². The monoisotopic (exact) mass is 442 g/mol. The van der Waals surface area contributed by atoms with Gasteiger partial charge in [0.15, 0.2) is 11.4 Å². The van der Waals surface area contributed by atoms with Crippen LogP contribution >= 0.6 is 0 Å². The van der Waals surface area contributed by atoms with E-state index in [9.17, 15) is 37.1 Å². The van der Waals surface area contributed by atoms with Crippen molar-refractivity contribution in [2.24, 2.45) is 0 Å². The highest BCUT2D eigenvalue weighted by molar-refractivity contribution is 6.16. The Morgan fingerprint density at radius 2 is 1.77 bits per heavy atom. The van der Waals surface area contributed by atoms with E-state index in [0.29, 0.717) is 0 Å². The zero-order valence-corrected chi connectivity index (χ0v) is 17.1. The zero-order chi connectivity index (χ0) is 23.6. The number of hydrogen-bond acceptors (Lipinski definition) is 5. The molecule has 1 amide bonds. The molecule has 0 saturated carbocycles. The van der Waals surface area contributed by atoms with E-state index in [4.69, 9.17) is 0 Å². The minimum Gasteiger partial charge on any atom is -0.379 e. The Morgan fingerprint density at radius 3 is 2.35 bits per heavy atom. The largest absolute Gasteiger partial charge is 0.418 e. The molecule has 10 heteroatoms. The maximum Gasteiger partial charge on any atom is 0.418 e. The fraction of sp³-hybridized carbons (Fsp3) is 0.381. The van der Waals surface area contributed by atoms with Crippen molar-refractivity contribution in [3.05, 3.63) is 53.5 Å². The molecule has 1 atom stereocenters. The molecule has 0 saturated heterocycles. The second-order valence-electron chi connectivity index (χ2n) is 7.97. The first kappa shape index (κ1) is 24.3. The van der Waals surface area contributed by atoms with E-state index in [1.165, 1.54) is 26.8 Å². The van der Waals surface area contributed by atoms with Gasteiger partial charge in [0.1, 0.15) is 5.82 Å².